The number of carbonyl (C=O) groups is 1. The molecule has 3 rings (SSSR count). The van der Waals surface area contributed by atoms with Crippen LogP contribution in [0.4, 0.5) is 0 Å². The third kappa shape index (κ3) is 2.50. The lowest BCUT2D eigenvalue weighted by molar-refractivity contribution is 0.0701. The van der Waals surface area contributed by atoms with Crippen molar-refractivity contribution < 1.29 is 4.79 Å². The third-order valence-corrected chi connectivity index (χ3v) is 4.57. The van der Waals surface area contributed by atoms with Gasteiger partial charge in [-0.05, 0) is 36.6 Å². The highest BCUT2D eigenvalue weighted by Crippen LogP contribution is 2.23. The quantitative estimate of drug-likeness (QED) is 0.754. The highest BCUT2D eigenvalue weighted by atomic mass is 35.5. The summed E-state index contributed by atoms with van der Waals surface area (Å²) in [4.78, 5) is 18.7. The fraction of sp³-hybridized carbons (Fsp3) is 0.375. The van der Waals surface area contributed by atoms with Gasteiger partial charge in [0, 0.05) is 30.2 Å². The van der Waals surface area contributed by atoms with Gasteiger partial charge in [-0.15, -0.1) is 11.6 Å². The van der Waals surface area contributed by atoms with Gasteiger partial charge in [-0.1, -0.05) is 13.0 Å². The normalized spacial score (nSPS) is 23.0. The Morgan fingerprint density at radius 3 is 3.05 bits per heavy atom. The Labute approximate surface area is 123 Å². The molecular formula is C16H17ClN2O. The van der Waals surface area contributed by atoms with Gasteiger partial charge in [0.2, 0.25) is 0 Å². The summed E-state index contributed by atoms with van der Waals surface area (Å²) in [6, 6.07) is 9.51. The summed E-state index contributed by atoms with van der Waals surface area (Å²) in [6.07, 6.45) is 2.73. The first-order valence-electron chi connectivity index (χ1n) is 6.93. The molecule has 4 heteroatoms. The standard InChI is InChI=1S/C16H17ClN2O/c1-11-6-8-19(10-14(11)17)16(20)13-4-5-15-12(9-13)3-2-7-18-15/h2-5,7,9,11,14H,6,8,10H2,1H3. The molecule has 0 radical (unpaired) electrons. The van der Waals surface area contributed by atoms with Crippen LogP contribution in [0, 0.1) is 5.92 Å². The molecule has 1 aromatic heterocycles. The summed E-state index contributed by atoms with van der Waals surface area (Å²) in [7, 11) is 0. The van der Waals surface area contributed by atoms with E-state index >= 15 is 0 Å². The van der Waals surface area contributed by atoms with Crippen molar-refractivity contribution in [3.63, 3.8) is 0 Å². The number of piperidine rings is 1. The van der Waals surface area contributed by atoms with E-state index in [0.717, 1.165) is 23.9 Å². The second-order valence-corrected chi connectivity index (χ2v) is 6.00. The van der Waals surface area contributed by atoms with E-state index in [0.29, 0.717) is 18.0 Å². The summed E-state index contributed by atoms with van der Waals surface area (Å²) in [5.74, 6) is 0.537. The summed E-state index contributed by atoms with van der Waals surface area (Å²) in [5.41, 5.74) is 1.62. The Hall–Kier alpha value is -1.61. The summed E-state index contributed by atoms with van der Waals surface area (Å²) in [6.45, 7) is 3.56. The van der Waals surface area contributed by atoms with Crippen LogP contribution in [-0.2, 0) is 0 Å². The van der Waals surface area contributed by atoms with Crippen molar-refractivity contribution in [3.8, 4) is 0 Å². The van der Waals surface area contributed by atoms with Gasteiger partial charge in [0.25, 0.3) is 5.91 Å². The molecule has 20 heavy (non-hydrogen) atoms. The molecule has 0 aliphatic carbocycles. The van der Waals surface area contributed by atoms with Gasteiger partial charge in [0.05, 0.1) is 10.9 Å². The minimum absolute atomic E-state index is 0.0508. The van der Waals surface area contributed by atoms with Crippen molar-refractivity contribution in [3.05, 3.63) is 42.1 Å². The molecule has 2 atom stereocenters. The van der Waals surface area contributed by atoms with Gasteiger partial charge in [-0.2, -0.15) is 0 Å². The minimum Gasteiger partial charge on any atom is -0.337 e. The van der Waals surface area contributed by atoms with Gasteiger partial charge < -0.3 is 4.90 Å². The lowest BCUT2D eigenvalue weighted by Gasteiger charge is -2.34. The lowest BCUT2D eigenvalue weighted by atomic mass is 9.98. The second kappa shape index (κ2) is 5.41. The van der Waals surface area contributed by atoms with E-state index in [1.54, 1.807) is 6.20 Å². The van der Waals surface area contributed by atoms with Crippen LogP contribution >= 0.6 is 11.6 Å². The van der Waals surface area contributed by atoms with Crippen LogP contribution in [-0.4, -0.2) is 34.3 Å². The van der Waals surface area contributed by atoms with Crippen LogP contribution in [0.5, 0.6) is 0 Å². The first-order chi connectivity index (χ1) is 9.65. The number of carbonyl (C=O) groups excluding carboxylic acids is 1. The van der Waals surface area contributed by atoms with E-state index in [1.807, 2.05) is 35.2 Å². The molecule has 2 unspecified atom stereocenters. The highest BCUT2D eigenvalue weighted by Gasteiger charge is 2.27. The van der Waals surface area contributed by atoms with Gasteiger partial charge in [0.1, 0.15) is 0 Å². The van der Waals surface area contributed by atoms with Gasteiger partial charge in [-0.3, -0.25) is 9.78 Å². The molecule has 1 saturated heterocycles. The molecule has 1 aliphatic rings. The number of benzene rings is 1. The van der Waals surface area contributed by atoms with Crippen LogP contribution in [0.15, 0.2) is 36.5 Å². The lowest BCUT2D eigenvalue weighted by Crippen LogP contribution is -2.43. The number of amides is 1. The van der Waals surface area contributed by atoms with Crippen molar-refractivity contribution in [1.29, 1.82) is 0 Å². The number of pyridine rings is 1. The highest BCUT2D eigenvalue weighted by molar-refractivity contribution is 6.21. The Bertz CT molecular complexity index is 643. The second-order valence-electron chi connectivity index (χ2n) is 5.44. The average Bonchev–Trinajstić information content (AvgIpc) is 2.49. The zero-order chi connectivity index (χ0) is 14.1. The van der Waals surface area contributed by atoms with Crippen molar-refractivity contribution in [2.24, 2.45) is 5.92 Å². The topological polar surface area (TPSA) is 33.2 Å². The molecule has 104 valence electrons. The van der Waals surface area contributed by atoms with Crippen molar-refractivity contribution in [1.82, 2.24) is 9.88 Å². The fourth-order valence-electron chi connectivity index (χ4n) is 2.60. The SMILES string of the molecule is CC1CCN(C(=O)c2ccc3ncccc3c2)CC1Cl. The Morgan fingerprint density at radius 1 is 1.40 bits per heavy atom. The first kappa shape index (κ1) is 13.4. The maximum atomic E-state index is 12.5. The number of halogens is 1. The Morgan fingerprint density at radius 2 is 2.25 bits per heavy atom. The van der Waals surface area contributed by atoms with Crippen molar-refractivity contribution in [2.75, 3.05) is 13.1 Å². The largest absolute Gasteiger partial charge is 0.337 e. The fourth-order valence-corrected chi connectivity index (χ4v) is 2.89. The predicted octanol–water partition coefficient (Wildman–Crippen LogP) is 3.32. The predicted molar refractivity (Wildman–Crippen MR) is 81.1 cm³/mol. The Kier molecular flexibility index (Phi) is 3.62. The summed E-state index contributed by atoms with van der Waals surface area (Å²) < 4.78 is 0. The average molecular weight is 289 g/mol. The van der Waals surface area contributed by atoms with Crippen LogP contribution in [0.25, 0.3) is 10.9 Å². The molecule has 0 N–H and O–H groups in total. The van der Waals surface area contributed by atoms with Gasteiger partial charge in [0.15, 0.2) is 0 Å². The van der Waals surface area contributed by atoms with Gasteiger partial charge >= 0.3 is 0 Å². The molecular weight excluding hydrogens is 272 g/mol. The maximum Gasteiger partial charge on any atom is 0.253 e. The van der Waals surface area contributed by atoms with E-state index in [9.17, 15) is 4.79 Å². The Balaban J connectivity index is 1.85. The minimum atomic E-state index is 0.0508. The zero-order valence-corrected chi connectivity index (χ0v) is 12.2. The number of nitrogens with zero attached hydrogens (tertiary/aromatic N) is 2. The van der Waals surface area contributed by atoms with Crippen LogP contribution < -0.4 is 0 Å². The molecule has 2 aromatic rings. The van der Waals surface area contributed by atoms with E-state index in [-0.39, 0.29) is 11.3 Å². The summed E-state index contributed by atoms with van der Waals surface area (Å²) >= 11 is 6.28. The number of hydrogen-bond acceptors (Lipinski definition) is 2. The van der Waals surface area contributed by atoms with Gasteiger partial charge in [-0.25, -0.2) is 0 Å². The molecule has 1 aliphatic heterocycles. The monoisotopic (exact) mass is 288 g/mol. The van der Waals surface area contributed by atoms with E-state index in [4.69, 9.17) is 11.6 Å². The van der Waals surface area contributed by atoms with Crippen molar-refractivity contribution in [2.45, 2.75) is 18.7 Å². The molecule has 1 fully saturated rings. The van der Waals surface area contributed by atoms with E-state index in [2.05, 4.69) is 11.9 Å². The number of hydrogen-bond donors (Lipinski definition) is 0. The van der Waals surface area contributed by atoms with E-state index < -0.39 is 0 Å². The maximum absolute atomic E-state index is 12.5. The zero-order valence-electron chi connectivity index (χ0n) is 11.4. The molecule has 0 bridgehead atoms. The first-order valence-corrected chi connectivity index (χ1v) is 7.37. The van der Waals surface area contributed by atoms with Crippen LogP contribution in [0.3, 0.4) is 0 Å². The molecule has 0 saturated carbocycles. The number of likely N-dealkylation sites (tertiary alicyclic amines) is 1. The third-order valence-electron chi connectivity index (χ3n) is 4.00. The number of rotatable bonds is 1. The van der Waals surface area contributed by atoms with Crippen LogP contribution in [0.1, 0.15) is 23.7 Å². The molecule has 0 spiro atoms. The van der Waals surface area contributed by atoms with E-state index in [1.165, 1.54) is 0 Å². The van der Waals surface area contributed by atoms with Crippen LogP contribution in [0.2, 0.25) is 0 Å². The molecule has 1 amide bonds. The van der Waals surface area contributed by atoms with Crippen molar-refractivity contribution >= 4 is 28.4 Å². The smallest absolute Gasteiger partial charge is 0.253 e. The number of fused-ring (bicyclic) bond motifs is 1. The number of aromatic nitrogens is 1. The molecule has 2 heterocycles. The number of alkyl halides is 1. The molecule has 3 nitrogen and oxygen atoms in total. The molecule has 1 aromatic carbocycles. The summed E-state index contributed by atoms with van der Waals surface area (Å²) in [5, 5.41) is 1.04.